The van der Waals surface area contributed by atoms with Crippen LogP contribution in [0, 0.1) is 47.9 Å². The first kappa shape index (κ1) is 18.1. The standard InChI is InChI=1S/C16H11ClN4.C6H2/c17-16-19-8-11(7-18)14(20-16)13-9-21-6-2-4-10-3-1-5-12(13)15(10)21;1-3-5-6-4-2/h1,3,5,8-9H,2,4,6H2;1-2H. The number of terminal acetylenes is 2. The number of nitrogens with zero attached hydrogens (tertiary/aromatic N) is 4. The van der Waals surface area contributed by atoms with Crippen molar-refractivity contribution in [2.24, 2.45) is 0 Å². The van der Waals surface area contributed by atoms with Crippen molar-refractivity contribution in [3.05, 3.63) is 47.0 Å². The summed E-state index contributed by atoms with van der Waals surface area (Å²) < 4.78 is 2.25. The van der Waals surface area contributed by atoms with Gasteiger partial charge in [-0.15, -0.1) is 12.8 Å². The second kappa shape index (κ2) is 8.12. The lowest BCUT2D eigenvalue weighted by Gasteiger charge is -2.14. The van der Waals surface area contributed by atoms with Crippen molar-refractivity contribution in [1.82, 2.24) is 14.5 Å². The third-order valence-corrected chi connectivity index (χ3v) is 4.35. The molecule has 4 rings (SSSR count). The fourth-order valence-electron chi connectivity index (χ4n) is 3.16. The van der Waals surface area contributed by atoms with Crippen LogP contribution in [0.1, 0.15) is 17.5 Å². The quantitative estimate of drug-likeness (QED) is 0.484. The largest absolute Gasteiger partial charge is 0.347 e. The first-order chi connectivity index (χ1) is 13.2. The summed E-state index contributed by atoms with van der Waals surface area (Å²) in [5.41, 5.74) is 4.61. The first-order valence-electron chi connectivity index (χ1n) is 8.14. The van der Waals surface area contributed by atoms with Gasteiger partial charge >= 0.3 is 0 Å². The predicted octanol–water partition coefficient (Wildman–Crippen LogP) is 3.83. The molecule has 2 aromatic heterocycles. The highest BCUT2D eigenvalue weighted by Crippen LogP contribution is 2.35. The molecule has 0 radical (unpaired) electrons. The number of aryl methyl sites for hydroxylation is 2. The van der Waals surface area contributed by atoms with Gasteiger partial charge in [-0.1, -0.05) is 18.2 Å². The summed E-state index contributed by atoms with van der Waals surface area (Å²) in [6.07, 6.45) is 15.2. The average molecular weight is 369 g/mol. The van der Waals surface area contributed by atoms with E-state index in [0.29, 0.717) is 11.3 Å². The van der Waals surface area contributed by atoms with Gasteiger partial charge in [0.25, 0.3) is 0 Å². The molecule has 0 saturated carbocycles. The highest BCUT2D eigenvalue weighted by molar-refractivity contribution is 6.28. The fraction of sp³-hybridized carbons (Fsp3) is 0.136. The molecular formula is C22H13ClN4. The van der Waals surface area contributed by atoms with Crippen molar-refractivity contribution in [3.63, 3.8) is 0 Å². The number of hydrogen-bond donors (Lipinski definition) is 0. The van der Waals surface area contributed by atoms with E-state index < -0.39 is 0 Å². The summed E-state index contributed by atoms with van der Waals surface area (Å²) in [5, 5.41) is 10.6. The lowest BCUT2D eigenvalue weighted by atomic mass is 10.0. The lowest BCUT2D eigenvalue weighted by Crippen LogP contribution is -2.05. The van der Waals surface area contributed by atoms with Gasteiger partial charge in [-0.05, 0) is 53.7 Å². The first-order valence-corrected chi connectivity index (χ1v) is 8.52. The molecule has 128 valence electrons. The van der Waals surface area contributed by atoms with E-state index in [1.54, 1.807) is 0 Å². The minimum atomic E-state index is 0.163. The number of aromatic nitrogens is 3. The van der Waals surface area contributed by atoms with Crippen LogP contribution in [0.3, 0.4) is 0 Å². The molecule has 1 aromatic carbocycles. The zero-order chi connectivity index (χ0) is 19.2. The van der Waals surface area contributed by atoms with Crippen LogP contribution < -0.4 is 0 Å². The molecule has 0 spiro atoms. The Morgan fingerprint density at radius 3 is 2.67 bits per heavy atom. The molecule has 0 N–H and O–H groups in total. The lowest BCUT2D eigenvalue weighted by molar-refractivity contribution is 0.636. The molecule has 0 unspecified atom stereocenters. The Morgan fingerprint density at radius 1 is 1.19 bits per heavy atom. The van der Waals surface area contributed by atoms with Crippen molar-refractivity contribution in [1.29, 1.82) is 5.26 Å². The number of para-hydroxylation sites is 1. The average Bonchev–Trinajstić information content (AvgIpc) is 3.08. The highest BCUT2D eigenvalue weighted by atomic mass is 35.5. The molecule has 0 amide bonds. The molecule has 0 bridgehead atoms. The van der Waals surface area contributed by atoms with Gasteiger partial charge in [0.05, 0.1) is 23.0 Å². The minimum absolute atomic E-state index is 0.163. The van der Waals surface area contributed by atoms with Gasteiger partial charge in [0, 0.05) is 23.7 Å². The number of nitriles is 1. The summed E-state index contributed by atoms with van der Waals surface area (Å²) >= 11 is 5.92. The summed E-state index contributed by atoms with van der Waals surface area (Å²) in [5.74, 6) is 8.61. The van der Waals surface area contributed by atoms with E-state index in [4.69, 9.17) is 24.4 Å². The van der Waals surface area contributed by atoms with E-state index >= 15 is 0 Å². The van der Waals surface area contributed by atoms with Crippen LogP contribution in [0.15, 0.2) is 30.6 Å². The maximum absolute atomic E-state index is 9.29. The molecule has 0 atom stereocenters. The SMILES string of the molecule is C#CC#CC#C.N#Cc1cnc(Cl)nc1-c1cn2c3c(cccc13)CCC2. The number of halogens is 1. The molecule has 1 aliphatic heterocycles. The molecule has 1 aliphatic rings. The molecule has 0 aliphatic carbocycles. The summed E-state index contributed by atoms with van der Waals surface area (Å²) in [6, 6.07) is 8.45. The Morgan fingerprint density at radius 2 is 1.96 bits per heavy atom. The van der Waals surface area contributed by atoms with Gasteiger partial charge in [-0.2, -0.15) is 5.26 Å². The smallest absolute Gasteiger partial charge is 0.222 e. The van der Waals surface area contributed by atoms with E-state index in [9.17, 15) is 5.26 Å². The molecule has 5 heteroatoms. The Balaban J connectivity index is 0.000000307. The van der Waals surface area contributed by atoms with Crippen molar-refractivity contribution >= 4 is 22.5 Å². The van der Waals surface area contributed by atoms with Gasteiger partial charge in [-0.25, -0.2) is 9.97 Å². The topological polar surface area (TPSA) is 54.5 Å². The van der Waals surface area contributed by atoms with Crippen molar-refractivity contribution in [2.45, 2.75) is 19.4 Å². The van der Waals surface area contributed by atoms with Gasteiger partial charge < -0.3 is 4.57 Å². The molecular weight excluding hydrogens is 356 g/mol. The molecule has 0 fully saturated rings. The number of hydrogen-bond acceptors (Lipinski definition) is 3. The number of benzene rings is 1. The molecule has 27 heavy (non-hydrogen) atoms. The molecule has 4 nitrogen and oxygen atoms in total. The second-order valence-corrected chi connectivity index (χ2v) is 6.04. The van der Waals surface area contributed by atoms with Crippen molar-refractivity contribution in [3.8, 4) is 53.9 Å². The number of rotatable bonds is 1. The van der Waals surface area contributed by atoms with Crippen molar-refractivity contribution < 1.29 is 0 Å². The Labute approximate surface area is 162 Å². The van der Waals surface area contributed by atoms with Crippen LogP contribution >= 0.6 is 11.6 Å². The van der Waals surface area contributed by atoms with E-state index in [1.165, 1.54) is 17.3 Å². The van der Waals surface area contributed by atoms with Crippen molar-refractivity contribution in [2.75, 3.05) is 0 Å². The third-order valence-electron chi connectivity index (χ3n) is 4.17. The monoisotopic (exact) mass is 368 g/mol. The maximum Gasteiger partial charge on any atom is 0.222 e. The van der Waals surface area contributed by atoms with Gasteiger partial charge in [-0.3, -0.25) is 0 Å². The summed E-state index contributed by atoms with van der Waals surface area (Å²) in [6.45, 7) is 0.994. The highest BCUT2D eigenvalue weighted by Gasteiger charge is 2.19. The van der Waals surface area contributed by atoms with Crippen LogP contribution in [0.4, 0.5) is 0 Å². The second-order valence-electron chi connectivity index (χ2n) is 5.70. The maximum atomic E-state index is 9.29. The normalized spacial score (nSPS) is 11.0. The van der Waals surface area contributed by atoms with E-state index in [0.717, 1.165) is 30.3 Å². The molecule has 3 heterocycles. The fourth-order valence-corrected chi connectivity index (χ4v) is 3.30. The van der Waals surface area contributed by atoms with E-state index in [2.05, 4.69) is 68.7 Å². The van der Waals surface area contributed by atoms with Crippen LogP contribution in [-0.2, 0) is 13.0 Å². The minimum Gasteiger partial charge on any atom is -0.347 e. The van der Waals surface area contributed by atoms with Gasteiger partial charge in [0.2, 0.25) is 5.28 Å². The zero-order valence-electron chi connectivity index (χ0n) is 14.3. The molecule has 3 aromatic rings. The van der Waals surface area contributed by atoms with Gasteiger partial charge in [0.15, 0.2) is 0 Å². The van der Waals surface area contributed by atoms with Gasteiger partial charge in [0.1, 0.15) is 6.07 Å². The molecule has 0 saturated heterocycles. The van der Waals surface area contributed by atoms with Crippen LogP contribution in [0.25, 0.3) is 22.2 Å². The summed E-state index contributed by atoms with van der Waals surface area (Å²) in [7, 11) is 0. The van der Waals surface area contributed by atoms with Crippen LogP contribution in [0.2, 0.25) is 5.28 Å². The summed E-state index contributed by atoms with van der Waals surface area (Å²) in [4.78, 5) is 8.18. The van der Waals surface area contributed by atoms with Crippen LogP contribution in [-0.4, -0.2) is 14.5 Å². The third kappa shape index (κ3) is 3.63. The Bertz CT molecular complexity index is 1190. The predicted molar refractivity (Wildman–Crippen MR) is 106 cm³/mol. The van der Waals surface area contributed by atoms with E-state index in [1.807, 2.05) is 0 Å². The van der Waals surface area contributed by atoms with Crippen LogP contribution in [0.5, 0.6) is 0 Å². The zero-order valence-corrected chi connectivity index (χ0v) is 15.1. The Hall–Kier alpha value is -3.70. The van der Waals surface area contributed by atoms with E-state index in [-0.39, 0.29) is 5.28 Å². The Kier molecular flexibility index (Phi) is 5.44.